The first-order valence-electron chi connectivity index (χ1n) is 6.27. The molecule has 4 heteroatoms. The molecule has 0 heterocycles. The first-order chi connectivity index (χ1) is 9.63. The van der Waals surface area contributed by atoms with E-state index in [9.17, 15) is 0 Å². The van der Waals surface area contributed by atoms with E-state index in [4.69, 9.17) is 15.7 Å². The van der Waals surface area contributed by atoms with Gasteiger partial charge in [-0.15, -0.1) is 0 Å². The number of nitriles is 1. The fraction of sp³-hybridized carbons (Fsp3) is 0.188. The van der Waals surface area contributed by atoms with E-state index in [0.717, 1.165) is 23.5 Å². The van der Waals surface area contributed by atoms with Crippen LogP contribution in [0.15, 0.2) is 42.5 Å². The Morgan fingerprint density at radius 1 is 1.25 bits per heavy atom. The van der Waals surface area contributed by atoms with Crippen LogP contribution in [0, 0.1) is 11.3 Å². The molecule has 0 unspecified atom stereocenters. The molecule has 0 saturated carbocycles. The average molecular weight is 267 g/mol. The summed E-state index contributed by atoms with van der Waals surface area (Å²) in [5.41, 5.74) is 8.97. The van der Waals surface area contributed by atoms with Gasteiger partial charge in [-0.1, -0.05) is 12.1 Å². The molecular weight excluding hydrogens is 250 g/mol. The van der Waals surface area contributed by atoms with Crippen molar-refractivity contribution in [3.8, 4) is 11.8 Å². The van der Waals surface area contributed by atoms with Crippen molar-refractivity contribution >= 4 is 11.4 Å². The zero-order chi connectivity index (χ0) is 14.5. The molecule has 2 rings (SSSR count). The van der Waals surface area contributed by atoms with Crippen LogP contribution in [0.4, 0.5) is 11.4 Å². The summed E-state index contributed by atoms with van der Waals surface area (Å²) in [5.74, 6) is 0.843. The molecule has 2 aromatic rings. The normalized spacial score (nSPS) is 9.85. The highest BCUT2D eigenvalue weighted by Crippen LogP contribution is 2.22. The Balaban J connectivity index is 2.17. The van der Waals surface area contributed by atoms with Gasteiger partial charge in [-0.3, -0.25) is 0 Å². The van der Waals surface area contributed by atoms with Crippen LogP contribution in [0.5, 0.6) is 5.75 Å². The van der Waals surface area contributed by atoms with E-state index < -0.39 is 0 Å². The maximum absolute atomic E-state index is 8.88. The number of hydrogen-bond acceptors (Lipinski definition) is 4. The first kappa shape index (κ1) is 13.8. The number of rotatable bonds is 4. The van der Waals surface area contributed by atoms with E-state index in [1.165, 1.54) is 0 Å². The Hall–Kier alpha value is -2.67. The summed E-state index contributed by atoms with van der Waals surface area (Å²) in [6, 6.07) is 15.5. The Labute approximate surface area is 119 Å². The van der Waals surface area contributed by atoms with Crippen molar-refractivity contribution in [2.45, 2.75) is 6.54 Å². The molecule has 0 aromatic heterocycles. The van der Waals surface area contributed by atoms with Crippen molar-refractivity contribution in [2.75, 3.05) is 24.8 Å². The highest BCUT2D eigenvalue weighted by Gasteiger charge is 2.06. The third-order valence-corrected chi connectivity index (χ3v) is 3.15. The number of methoxy groups -OCH3 is 1. The molecule has 2 N–H and O–H groups in total. The molecule has 0 bridgehead atoms. The first-order valence-corrected chi connectivity index (χ1v) is 6.27. The second-order valence-electron chi connectivity index (χ2n) is 4.59. The van der Waals surface area contributed by atoms with E-state index in [2.05, 4.69) is 11.0 Å². The van der Waals surface area contributed by atoms with Crippen LogP contribution < -0.4 is 15.4 Å². The van der Waals surface area contributed by atoms with Crippen molar-refractivity contribution in [1.82, 2.24) is 0 Å². The molecule has 20 heavy (non-hydrogen) atoms. The van der Waals surface area contributed by atoms with E-state index in [1.807, 2.05) is 43.4 Å². The molecule has 102 valence electrons. The summed E-state index contributed by atoms with van der Waals surface area (Å²) in [7, 11) is 3.64. The summed E-state index contributed by atoms with van der Waals surface area (Å²) < 4.78 is 5.22. The molecule has 0 radical (unpaired) electrons. The Morgan fingerprint density at radius 2 is 2.05 bits per heavy atom. The second-order valence-corrected chi connectivity index (χ2v) is 4.59. The quantitative estimate of drug-likeness (QED) is 0.865. The standard InChI is InChI=1S/C16H17N3O/c1-19(11-12-4-3-5-15(8-12)20-2)14-7-6-13(10-17)16(18)9-14/h3-9H,11,18H2,1-2H3. The molecule has 0 aliphatic carbocycles. The van der Waals surface area contributed by atoms with Crippen LogP contribution >= 0.6 is 0 Å². The minimum absolute atomic E-state index is 0.502. The molecular formula is C16H17N3O. The van der Waals surface area contributed by atoms with E-state index in [0.29, 0.717) is 11.3 Å². The lowest BCUT2D eigenvalue weighted by molar-refractivity contribution is 0.414. The molecule has 0 aliphatic rings. The predicted molar refractivity (Wildman–Crippen MR) is 80.7 cm³/mol. The smallest absolute Gasteiger partial charge is 0.119 e. The van der Waals surface area contributed by atoms with Crippen LogP contribution in [0.25, 0.3) is 0 Å². The number of nitrogens with zero attached hydrogens (tertiary/aromatic N) is 2. The molecule has 0 amide bonds. The SMILES string of the molecule is COc1cccc(CN(C)c2ccc(C#N)c(N)c2)c1. The summed E-state index contributed by atoms with van der Waals surface area (Å²) in [6.07, 6.45) is 0. The minimum atomic E-state index is 0.502. The third kappa shape index (κ3) is 3.01. The maximum atomic E-state index is 8.88. The van der Waals surface area contributed by atoms with Gasteiger partial charge in [-0.25, -0.2) is 0 Å². The highest BCUT2D eigenvalue weighted by molar-refractivity contribution is 5.63. The third-order valence-electron chi connectivity index (χ3n) is 3.15. The van der Waals surface area contributed by atoms with Gasteiger partial charge >= 0.3 is 0 Å². The number of anilines is 2. The maximum Gasteiger partial charge on any atom is 0.119 e. The van der Waals surface area contributed by atoms with Crippen molar-refractivity contribution in [3.05, 3.63) is 53.6 Å². The minimum Gasteiger partial charge on any atom is -0.497 e. The van der Waals surface area contributed by atoms with Crippen molar-refractivity contribution in [2.24, 2.45) is 0 Å². The summed E-state index contributed by atoms with van der Waals surface area (Å²) in [5, 5.41) is 8.88. The van der Waals surface area contributed by atoms with Gasteiger partial charge in [-0.2, -0.15) is 5.26 Å². The van der Waals surface area contributed by atoms with E-state index >= 15 is 0 Å². The lowest BCUT2D eigenvalue weighted by Gasteiger charge is -2.20. The van der Waals surface area contributed by atoms with Crippen molar-refractivity contribution < 1.29 is 4.74 Å². The van der Waals surface area contributed by atoms with Gasteiger partial charge in [0.25, 0.3) is 0 Å². The number of hydrogen-bond donors (Lipinski definition) is 1. The fourth-order valence-corrected chi connectivity index (χ4v) is 2.03. The van der Waals surface area contributed by atoms with Crippen molar-refractivity contribution in [3.63, 3.8) is 0 Å². The topological polar surface area (TPSA) is 62.3 Å². The van der Waals surface area contributed by atoms with Gasteiger partial charge < -0.3 is 15.4 Å². The number of benzene rings is 2. The summed E-state index contributed by atoms with van der Waals surface area (Å²) in [6.45, 7) is 0.739. The number of nitrogens with two attached hydrogens (primary N) is 1. The van der Waals surface area contributed by atoms with Gasteiger partial charge in [-0.05, 0) is 35.9 Å². The molecule has 0 fully saturated rings. The Morgan fingerprint density at radius 3 is 2.70 bits per heavy atom. The van der Waals surface area contributed by atoms with Crippen LogP contribution in [0.2, 0.25) is 0 Å². The molecule has 4 nitrogen and oxygen atoms in total. The summed E-state index contributed by atoms with van der Waals surface area (Å²) >= 11 is 0. The van der Waals surface area contributed by atoms with E-state index in [-0.39, 0.29) is 0 Å². The lowest BCUT2D eigenvalue weighted by atomic mass is 10.1. The average Bonchev–Trinajstić information content (AvgIpc) is 2.47. The summed E-state index contributed by atoms with van der Waals surface area (Å²) in [4.78, 5) is 2.08. The molecule has 0 spiro atoms. The van der Waals surface area contributed by atoms with Crippen LogP contribution in [-0.4, -0.2) is 14.2 Å². The number of nitrogen functional groups attached to an aromatic ring is 1. The molecule has 0 aliphatic heterocycles. The van der Waals surface area contributed by atoms with Gasteiger partial charge in [0.2, 0.25) is 0 Å². The zero-order valence-corrected chi connectivity index (χ0v) is 11.6. The molecule has 0 saturated heterocycles. The van der Waals surface area contributed by atoms with Crippen molar-refractivity contribution in [1.29, 1.82) is 5.26 Å². The molecule has 2 aromatic carbocycles. The predicted octanol–water partition coefficient (Wildman–Crippen LogP) is 2.79. The van der Waals surface area contributed by atoms with Crippen LogP contribution in [-0.2, 0) is 6.54 Å². The monoisotopic (exact) mass is 267 g/mol. The van der Waals surface area contributed by atoms with Crippen LogP contribution in [0.1, 0.15) is 11.1 Å². The Kier molecular flexibility index (Phi) is 4.11. The largest absolute Gasteiger partial charge is 0.497 e. The fourth-order valence-electron chi connectivity index (χ4n) is 2.03. The van der Waals surface area contributed by atoms with Gasteiger partial charge in [0.15, 0.2) is 0 Å². The number of ether oxygens (including phenoxy) is 1. The van der Waals surface area contributed by atoms with Gasteiger partial charge in [0.1, 0.15) is 11.8 Å². The molecule has 0 atom stereocenters. The highest BCUT2D eigenvalue weighted by atomic mass is 16.5. The van der Waals surface area contributed by atoms with Gasteiger partial charge in [0, 0.05) is 19.3 Å². The zero-order valence-electron chi connectivity index (χ0n) is 11.6. The van der Waals surface area contributed by atoms with Crippen LogP contribution in [0.3, 0.4) is 0 Å². The van der Waals surface area contributed by atoms with Gasteiger partial charge in [0.05, 0.1) is 18.4 Å². The lowest BCUT2D eigenvalue weighted by Crippen LogP contribution is -2.16. The Bertz CT molecular complexity index is 646. The second kappa shape index (κ2) is 5.98. The van der Waals surface area contributed by atoms with E-state index in [1.54, 1.807) is 13.2 Å².